The normalized spacial score (nSPS) is 21.3. The van der Waals surface area contributed by atoms with Crippen molar-refractivity contribution >= 4 is 30.7 Å². The van der Waals surface area contributed by atoms with Crippen LogP contribution in [0.25, 0.3) is 0 Å². The van der Waals surface area contributed by atoms with Gasteiger partial charge in [-0.2, -0.15) is 13.2 Å². The van der Waals surface area contributed by atoms with Crippen molar-refractivity contribution < 1.29 is 18.0 Å². The van der Waals surface area contributed by atoms with Crippen molar-refractivity contribution in [3.8, 4) is 0 Å². The van der Waals surface area contributed by atoms with Crippen LogP contribution < -0.4 is 11.1 Å². The molecule has 1 aromatic rings. The average Bonchev–Trinajstić information content (AvgIpc) is 2.40. The van der Waals surface area contributed by atoms with Crippen molar-refractivity contribution in [1.29, 1.82) is 0 Å². The highest BCUT2D eigenvalue weighted by atomic mass is 35.5. The van der Waals surface area contributed by atoms with Gasteiger partial charge in [0.05, 0.1) is 5.56 Å². The summed E-state index contributed by atoms with van der Waals surface area (Å²) in [5.41, 5.74) is 4.90. The molecule has 1 aliphatic carbocycles. The first-order chi connectivity index (χ1) is 9.36. The van der Waals surface area contributed by atoms with Gasteiger partial charge >= 0.3 is 6.18 Å². The maximum Gasteiger partial charge on any atom is 0.433 e. The van der Waals surface area contributed by atoms with Crippen molar-refractivity contribution in [2.45, 2.75) is 43.9 Å². The Balaban J connectivity index is 0.00000220. The number of rotatable bonds is 2. The van der Waals surface area contributed by atoms with Gasteiger partial charge in [-0.25, -0.2) is 0 Å². The number of hydrogen-bond acceptors (Lipinski definition) is 3. The molecule has 0 radical (unpaired) electrons. The molecule has 9 heteroatoms. The number of nitrogens with zero attached hydrogens (tertiary/aromatic N) is 1. The summed E-state index contributed by atoms with van der Waals surface area (Å²) in [4.78, 5) is 15.2. The van der Waals surface area contributed by atoms with E-state index in [9.17, 15) is 18.0 Å². The number of amides is 1. The van der Waals surface area contributed by atoms with Crippen LogP contribution in [0.1, 0.15) is 41.7 Å². The summed E-state index contributed by atoms with van der Waals surface area (Å²) in [6.45, 7) is 0. The van der Waals surface area contributed by atoms with Gasteiger partial charge in [0, 0.05) is 18.3 Å². The van der Waals surface area contributed by atoms with E-state index < -0.39 is 17.8 Å². The summed E-state index contributed by atoms with van der Waals surface area (Å²) in [6.07, 6.45) is -0.268. The first kappa shape index (κ1) is 20.9. The van der Waals surface area contributed by atoms with Gasteiger partial charge in [-0.05, 0) is 37.8 Å². The van der Waals surface area contributed by atoms with Crippen LogP contribution in [0.3, 0.4) is 0 Å². The minimum Gasteiger partial charge on any atom is -0.349 e. The smallest absolute Gasteiger partial charge is 0.349 e. The fraction of sp³-hybridized carbons (Fsp3) is 0.538. The SMILES string of the molecule is Cl.Cl.NC1CCC(NC(=O)c2ccc(C(F)(F)F)nc2)CC1. The van der Waals surface area contributed by atoms with Crippen molar-refractivity contribution in [2.24, 2.45) is 5.73 Å². The molecule has 1 amide bonds. The highest BCUT2D eigenvalue weighted by Crippen LogP contribution is 2.27. The van der Waals surface area contributed by atoms with Crippen molar-refractivity contribution in [2.75, 3.05) is 0 Å². The van der Waals surface area contributed by atoms with Gasteiger partial charge in [0.2, 0.25) is 0 Å². The van der Waals surface area contributed by atoms with E-state index in [1.54, 1.807) is 0 Å². The van der Waals surface area contributed by atoms with Crippen LogP contribution in [0.5, 0.6) is 0 Å². The van der Waals surface area contributed by atoms with E-state index in [1.807, 2.05) is 0 Å². The summed E-state index contributed by atoms with van der Waals surface area (Å²) in [6, 6.07) is 2.16. The molecular weight excluding hydrogens is 342 g/mol. The second-order valence-corrected chi connectivity index (χ2v) is 5.02. The molecule has 1 aliphatic rings. The zero-order valence-corrected chi connectivity index (χ0v) is 13.2. The number of carbonyl (C=O) groups excluding carboxylic acids is 1. The standard InChI is InChI=1S/C13H16F3N3O.2ClH/c14-13(15,16)11-6-1-8(7-18-11)12(20)19-10-4-2-9(17)3-5-10;;/h1,6-7,9-10H,2-5,17H2,(H,19,20);2*1H. The monoisotopic (exact) mass is 359 g/mol. The summed E-state index contributed by atoms with van der Waals surface area (Å²) in [7, 11) is 0. The number of nitrogens with two attached hydrogens (primary N) is 1. The number of alkyl halides is 3. The summed E-state index contributed by atoms with van der Waals surface area (Å²) < 4.78 is 37.1. The first-order valence-electron chi connectivity index (χ1n) is 6.46. The number of aromatic nitrogens is 1. The molecule has 0 spiro atoms. The van der Waals surface area contributed by atoms with E-state index in [2.05, 4.69) is 10.3 Å². The van der Waals surface area contributed by atoms with Crippen LogP contribution >= 0.6 is 24.8 Å². The summed E-state index contributed by atoms with van der Waals surface area (Å²) >= 11 is 0. The number of carbonyl (C=O) groups is 1. The molecule has 0 unspecified atom stereocenters. The zero-order chi connectivity index (χ0) is 14.8. The Kier molecular flexibility index (Phi) is 8.14. The minimum atomic E-state index is -4.49. The molecule has 3 N–H and O–H groups in total. The highest BCUT2D eigenvalue weighted by Gasteiger charge is 2.32. The number of halogens is 5. The Hall–Kier alpha value is -1.05. The number of nitrogens with one attached hydrogen (secondary N) is 1. The molecule has 0 bridgehead atoms. The first-order valence-corrected chi connectivity index (χ1v) is 6.46. The highest BCUT2D eigenvalue weighted by molar-refractivity contribution is 5.94. The quantitative estimate of drug-likeness (QED) is 0.852. The van der Waals surface area contributed by atoms with Crippen molar-refractivity contribution in [3.05, 3.63) is 29.6 Å². The third kappa shape index (κ3) is 5.62. The summed E-state index contributed by atoms with van der Waals surface area (Å²) in [5, 5.41) is 2.80. The molecule has 0 aliphatic heterocycles. The zero-order valence-electron chi connectivity index (χ0n) is 11.6. The fourth-order valence-electron chi connectivity index (χ4n) is 2.23. The molecule has 0 aromatic carbocycles. The van der Waals surface area contributed by atoms with E-state index in [1.165, 1.54) is 0 Å². The Labute approximate surface area is 138 Å². The van der Waals surface area contributed by atoms with Gasteiger partial charge in [0.25, 0.3) is 5.91 Å². The van der Waals surface area contributed by atoms with Crippen LogP contribution in [0.4, 0.5) is 13.2 Å². The lowest BCUT2D eigenvalue weighted by Gasteiger charge is -2.26. The lowest BCUT2D eigenvalue weighted by Crippen LogP contribution is -2.40. The van der Waals surface area contributed by atoms with Gasteiger partial charge in [-0.15, -0.1) is 24.8 Å². The van der Waals surface area contributed by atoms with Gasteiger partial charge in [-0.1, -0.05) is 0 Å². The molecule has 2 rings (SSSR count). The van der Waals surface area contributed by atoms with Gasteiger partial charge in [0.15, 0.2) is 0 Å². The van der Waals surface area contributed by atoms with Crippen molar-refractivity contribution in [1.82, 2.24) is 10.3 Å². The molecule has 1 saturated carbocycles. The van der Waals surface area contributed by atoms with Crippen LogP contribution in [-0.4, -0.2) is 23.0 Å². The largest absolute Gasteiger partial charge is 0.433 e. The van der Waals surface area contributed by atoms with Crippen LogP contribution in [-0.2, 0) is 6.18 Å². The molecule has 1 heterocycles. The topological polar surface area (TPSA) is 68.0 Å². The van der Waals surface area contributed by atoms with Crippen molar-refractivity contribution in [3.63, 3.8) is 0 Å². The molecular formula is C13H18Cl2F3N3O. The molecule has 0 atom stereocenters. The molecule has 126 valence electrons. The molecule has 1 aromatic heterocycles. The fourth-order valence-corrected chi connectivity index (χ4v) is 2.23. The van der Waals surface area contributed by atoms with E-state index >= 15 is 0 Å². The predicted octanol–water partition coefficient (Wildman–Crippen LogP) is 2.94. The molecule has 4 nitrogen and oxygen atoms in total. The molecule has 1 fully saturated rings. The Morgan fingerprint density at radius 3 is 2.23 bits per heavy atom. The van der Waals surface area contributed by atoms with E-state index in [4.69, 9.17) is 5.73 Å². The van der Waals surface area contributed by atoms with E-state index in [-0.39, 0.29) is 42.5 Å². The Morgan fingerprint density at radius 2 is 1.77 bits per heavy atom. The Bertz CT molecular complexity index is 474. The Morgan fingerprint density at radius 1 is 1.18 bits per heavy atom. The second kappa shape index (κ2) is 8.55. The van der Waals surface area contributed by atoms with Gasteiger partial charge in [0.1, 0.15) is 5.69 Å². The molecule has 22 heavy (non-hydrogen) atoms. The van der Waals surface area contributed by atoms with Crippen LogP contribution in [0.2, 0.25) is 0 Å². The third-order valence-corrected chi connectivity index (χ3v) is 3.42. The maximum atomic E-state index is 12.4. The number of pyridine rings is 1. The predicted molar refractivity (Wildman–Crippen MR) is 81.4 cm³/mol. The summed E-state index contributed by atoms with van der Waals surface area (Å²) in [5.74, 6) is -0.397. The van der Waals surface area contributed by atoms with Crippen LogP contribution in [0.15, 0.2) is 18.3 Å². The lowest BCUT2D eigenvalue weighted by atomic mass is 9.91. The lowest BCUT2D eigenvalue weighted by molar-refractivity contribution is -0.141. The van der Waals surface area contributed by atoms with Gasteiger partial charge < -0.3 is 11.1 Å². The average molecular weight is 360 g/mol. The van der Waals surface area contributed by atoms with E-state index in [0.717, 1.165) is 44.0 Å². The second-order valence-electron chi connectivity index (χ2n) is 5.02. The van der Waals surface area contributed by atoms with Gasteiger partial charge in [-0.3, -0.25) is 9.78 Å². The number of hydrogen-bond donors (Lipinski definition) is 2. The van der Waals surface area contributed by atoms with E-state index in [0.29, 0.717) is 0 Å². The maximum absolute atomic E-state index is 12.4. The molecule has 0 saturated heterocycles. The third-order valence-electron chi connectivity index (χ3n) is 3.42. The van der Waals surface area contributed by atoms with Crippen LogP contribution in [0, 0.1) is 0 Å². The minimum absolute atomic E-state index is 0.